The monoisotopic (exact) mass is 284 g/mol. The van der Waals surface area contributed by atoms with Crippen molar-refractivity contribution in [1.82, 2.24) is 0 Å². The van der Waals surface area contributed by atoms with Crippen molar-refractivity contribution >= 4 is 15.5 Å². The Bertz CT molecular complexity index is 555. The number of hydrogen-bond donors (Lipinski definition) is 2. The summed E-state index contributed by atoms with van der Waals surface area (Å²) in [5, 5.41) is 3.23. The van der Waals surface area contributed by atoms with E-state index in [4.69, 9.17) is 10.5 Å². The topological polar surface area (TPSA) is 81.4 Å². The van der Waals surface area contributed by atoms with E-state index in [-0.39, 0.29) is 23.3 Å². The maximum atomic E-state index is 11.9. The van der Waals surface area contributed by atoms with Crippen LogP contribution in [0.2, 0.25) is 0 Å². The molecular weight excluding hydrogens is 264 g/mol. The number of fused-ring (bicyclic) bond motifs is 1. The van der Waals surface area contributed by atoms with Gasteiger partial charge < -0.3 is 15.8 Å². The molecule has 0 saturated heterocycles. The second kappa shape index (κ2) is 5.38. The summed E-state index contributed by atoms with van der Waals surface area (Å²) in [4.78, 5) is 0.288. The second-order valence-corrected chi connectivity index (χ2v) is 7.16. The van der Waals surface area contributed by atoms with Gasteiger partial charge in [-0.1, -0.05) is 13.8 Å². The van der Waals surface area contributed by atoms with Gasteiger partial charge in [0.05, 0.1) is 22.9 Å². The Hall–Kier alpha value is -1.27. The van der Waals surface area contributed by atoms with Gasteiger partial charge in [-0.15, -0.1) is 0 Å². The van der Waals surface area contributed by atoms with Crippen molar-refractivity contribution in [1.29, 1.82) is 0 Å². The number of nitrogens with two attached hydrogens (primary N) is 1. The molecule has 1 unspecified atom stereocenters. The van der Waals surface area contributed by atoms with E-state index >= 15 is 0 Å². The molecule has 0 radical (unpaired) electrons. The van der Waals surface area contributed by atoms with Crippen molar-refractivity contribution in [2.24, 2.45) is 11.7 Å². The van der Waals surface area contributed by atoms with Crippen LogP contribution in [0, 0.1) is 5.92 Å². The molecule has 0 aliphatic carbocycles. The van der Waals surface area contributed by atoms with Gasteiger partial charge in [-0.05, 0) is 24.1 Å². The zero-order chi connectivity index (χ0) is 14.0. The Morgan fingerprint density at radius 3 is 2.84 bits per heavy atom. The maximum Gasteiger partial charge on any atom is 0.179 e. The minimum atomic E-state index is -3.29. The molecule has 2 rings (SSSR count). The SMILES string of the molecule is CC(C)C1CNc2cc(S(=O)(=O)CCN)ccc2O1. The molecule has 1 heterocycles. The Labute approximate surface area is 114 Å². The molecule has 5 nitrogen and oxygen atoms in total. The molecule has 3 N–H and O–H groups in total. The van der Waals surface area contributed by atoms with E-state index in [9.17, 15) is 8.42 Å². The van der Waals surface area contributed by atoms with Crippen LogP contribution in [0.4, 0.5) is 5.69 Å². The van der Waals surface area contributed by atoms with E-state index in [2.05, 4.69) is 19.2 Å². The fourth-order valence-corrected chi connectivity index (χ4v) is 3.12. The average molecular weight is 284 g/mol. The van der Waals surface area contributed by atoms with Crippen LogP contribution < -0.4 is 15.8 Å². The van der Waals surface area contributed by atoms with E-state index in [1.807, 2.05) is 0 Å². The van der Waals surface area contributed by atoms with E-state index in [0.717, 1.165) is 5.69 Å². The number of ether oxygens (including phenoxy) is 1. The molecule has 6 heteroatoms. The largest absolute Gasteiger partial charge is 0.486 e. The first kappa shape index (κ1) is 14.1. The number of rotatable bonds is 4. The third-order valence-electron chi connectivity index (χ3n) is 3.21. The summed E-state index contributed by atoms with van der Waals surface area (Å²) >= 11 is 0. The first-order chi connectivity index (χ1) is 8.94. The Kier molecular flexibility index (Phi) is 4.01. The summed E-state index contributed by atoms with van der Waals surface area (Å²) in [6.45, 7) is 5.00. The van der Waals surface area contributed by atoms with Crippen LogP contribution in [0.5, 0.6) is 5.75 Å². The van der Waals surface area contributed by atoms with E-state index in [0.29, 0.717) is 18.2 Å². The number of hydrogen-bond acceptors (Lipinski definition) is 5. The van der Waals surface area contributed by atoms with E-state index in [1.54, 1.807) is 18.2 Å². The zero-order valence-electron chi connectivity index (χ0n) is 11.2. The van der Waals surface area contributed by atoms with Crippen molar-refractivity contribution in [2.45, 2.75) is 24.8 Å². The number of anilines is 1. The molecule has 1 aromatic carbocycles. The molecule has 0 amide bonds. The second-order valence-electron chi connectivity index (χ2n) is 5.05. The van der Waals surface area contributed by atoms with Gasteiger partial charge in [0.25, 0.3) is 0 Å². The molecule has 0 bridgehead atoms. The molecule has 1 aliphatic heterocycles. The van der Waals surface area contributed by atoms with Crippen LogP contribution in [0.25, 0.3) is 0 Å². The molecule has 1 aromatic rings. The quantitative estimate of drug-likeness (QED) is 0.869. The van der Waals surface area contributed by atoms with Gasteiger partial charge in [0.15, 0.2) is 9.84 Å². The summed E-state index contributed by atoms with van der Waals surface area (Å²) in [6.07, 6.45) is 0.110. The highest BCUT2D eigenvalue weighted by molar-refractivity contribution is 7.91. The zero-order valence-corrected chi connectivity index (χ0v) is 12.0. The Balaban J connectivity index is 2.27. The smallest absolute Gasteiger partial charge is 0.179 e. The summed E-state index contributed by atoms with van der Waals surface area (Å²) in [7, 11) is -3.29. The van der Waals surface area contributed by atoms with Crippen molar-refractivity contribution in [3.05, 3.63) is 18.2 Å². The lowest BCUT2D eigenvalue weighted by atomic mass is 10.1. The lowest BCUT2D eigenvalue weighted by Gasteiger charge is -2.30. The number of sulfone groups is 1. The fourth-order valence-electron chi connectivity index (χ4n) is 2.00. The molecule has 0 fully saturated rings. The standard InChI is InChI=1S/C13H20N2O3S/c1-9(2)13-8-15-11-7-10(3-4-12(11)18-13)19(16,17)6-5-14/h3-4,7,9,13,15H,5-6,8,14H2,1-2H3. The summed E-state index contributed by atoms with van der Waals surface area (Å²) in [6, 6.07) is 4.91. The molecule has 19 heavy (non-hydrogen) atoms. The van der Waals surface area contributed by atoms with Crippen LogP contribution >= 0.6 is 0 Å². The highest BCUT2D eigenvalue weighted by Crippen LogP contribution is 2.33. The predicted molar refractivity (Wildman–Crippen MR) is 75.3 cm³/mol. The average Bonchev–Trinajstić information content (AvgIpc) is 2.37. The van der Waals surface area contributed by atoms with Gasteiger partial charge in [-0.3, -0.25) is 0 Å². The van der Waals surface area contributed by atoms with Gasteiger partial charge in [0.2, 0.25) is 0 Å². The predicted octanol–water partition coefficient (Wildman–Crippen LogP) is 1.25. The third-order valence-corrected chi connectivity index (χ3v) is 4.96. The molecule has 1 atom stereocenters. The minimum absolute atomic E-state index is 0.0404. The minimum Gasteiger partial charge on any atom is -0.486 e. The van der Waals surface area contributed by atoms with Crippen molar-refractivity contribution in [3.63, 3.8) is 0 Å². The number of nitrogens with one attached hydrogen (secondary N) is 1. The Morgan fingerprint density at radius 2 is 2.21 bits per heavy atom. The number of benzene rings is 1. The highest BCUT2D eigenvalue weighted by Gasteiger charge is 2.24. The summed E-state index contributed by atoms with van der Waals surface area (Å²) < 4.78 is 29.7. The van der Waals surface area contributed by atoms with E-state index < -0.39 is 9.84 Å². The Morgan fingerprint density at radius 1 is 1.47 bits per heavy atom. The van der Waals surface area contributed by atoms with Crippen molar-refractivity contribution < 1.29 is 13.2 Å². The first-order valence-electron chi connectivity index (χ1n) is 6.41. The first-order valence-corrected chi connectivity index (χ1v) is 8.06. The van der Waals surface area contributed by atoms with Gasteiger partial charge in [-0.25, -0.2) is 8.42 Å². The van der Waals surface area contributed by atoms with Gasteiger partial charge in [0, 0.05) is 6.54 Å². The maximum absolute atomic E-state index is 11.9. The molecular formula is C13H20N2O3S. The molecule has 1 aliphatic rings. The summed E-state index contributed by atoms with van der Waals surface area (Å²) in [5.41, 5.74) is 6.05. The lowest BCUT2D eigenvalue weighted by molar-refractivity contribution is 0.156. The molecule has 0 saturated carbocycles. The fraction of sp³-hybridized carbons (Fsp3) is 0.538. The third kappa shape index (κ3) is 3.01. The normalized spacial score (nSPS) is 18.6. The van der Waals surface area contributed by atoms with Crippen molar-refractivity contribution in [2.75, 3.05) is 24.2 Å². The van der Waals surface area contributed by atoms with Crippen LogP contribution in [-0.2, 0) is 9.84 Å². The van der Waals surface area contributed by atoms with Crippen LogP contribution in [0.15, 0.2) is 23.1 Å². The van der Waals surface area contributed by atoms with Crippen LogP contribution in [-0.4, -0.2) is 33.4 Å². The van der Waals surface area contributed by atoms with Crippen LogP contribution in [0.3, 0.4) is 0 Å². The van der Waals surface area contributed by atoms with Crippen LogP contribution in [0.1, 0.15) is 13.8 Å². The molecule has 0 spiro atoms. The van der Waals surface area contributed by atoms with Gasteiger partial charge in [0.1, 0.15) is 11.9 Å². The molecule has 106 valence electrons. The lowest BCUT2D eigenvalue weighted by Crippen LogP contribution is -2.35. The highest BCUT2D eigenvalue weighted by atomic mass is 32.2. The van der Waals surface area contributed by atoms with Crippen molar-refractivity contribution in [3.8, 4) is 5.75 Å². The van der Waals surface area contributed by atoms with Gasteiger partial charge in [-0.2, -0.15) is 0 Å². The summed E-state index contributed by atoms with van der Waals surface area (Å²) in [5.74, 6) is 1.07. The van der Waals surface area contributed by atoms with Gasteiger partial charge >= 0.3 is 0 Å². The molecule has 0 aromatic heterocycles. The van der Waals surface area contributed by atoms with E-state index in [1.165, 1.54) is 0 Å².